The maximum absolute atomic E-state index is 13.0. The van der Waals surface area contributed by atoms with Crippen LogP contribution in [0.4, 0.5) is 0 Å². The van der Waals surface area contributed by atoms with E-state index in [9.17, 15) is 13.2 Å². The van der Waals surface area contributed by atoms with E-state index < -0.39 is 10.0 Å². The SMILES string of the molecule is COc1ccc(S(=O)(=O)N2CCC(Oc3cc(C)n(C)c(=O)c3)CC2)cc1OC. The Morgan fingerprint density at radius 1 is 1.00 bits per heavy atom. The fourth-order valence-corrected chi connectivity index (χ4v) is 4.80. The van der Waals surface area contributed by atoms with Crippen LogP contribution in [-0.2, 0) is 17.1 Å². The van der Waals surface area contributed by atoms with Gasteiger partial charge in [-0.2, -0.15) is 4.31 Å². The number of rotatable bonds is 6. The van der Waals surface area contributed by atoms with Crippen molar-refractivity contribution in [2.45, 2.75) is 30.8 Å². The summed E-state index contributed by atoms with van der Waals surface area (Å²) in [6.07, 6.45) is 0.944. The van der Waals surface area contributed by atoms with Gasteiger partial charge in [0.05, 0.1) is 19.1 Å². The number of piperidine rings is 1. The zero-order valence-corrected chi connectivity index (χ0v) is 17.9. The molecule has 1 aliphatic rings. The molecule has 3 rings (SSSR count). The number of hydrogen-bond donors (Lipinski definition) is 0. The molecule has 1 aliphatic heterocycles. The highest BCUT2D eigenvalue weighted by Gasteiger charge is 2.31. The fourth-order valence-electron chi connectivity index (χ4n) is 3.31. The van der Waals surface area contributed by atoms with Crippen molar-refractivity contribution in [3.05, 3.63) is 46.4 Å². The molecule has 2 heterocycles. The van der Waals surface area contributed by atoms with Gasteiger partial charge in [0.1, 0.15) is 11.9 Å². The monoisotopic (exact) mass is 422 g/mol. The summed E-state index contributed by atoms with van der Waals surface area (Å²) in [6, 6.07) is 7.84. The van der Waals surface area contributed by atoms with E-state index in [-0.39, 0.29) is 16.6 Å². The Bertz CT molecular complexity index is 1040. The maximum Gasteiger partial charge on any atom is 0.254 e. The van der Waals surface area contributed by atoms with Crippen molar-refractivity contribution in [2.24, 2.45) is 7.05 Å². The third-order valence-electron chi connectivity index (χ3n) is 5.17. The van der Waals surface area contributed by atoms with E-state index in [4.69, 9.17) is 14.2 Å². The van der Waals surface area contributed by atoms with Crippen molar-refractivity contribution in [3.63, 3.8) is 0 Å². The lowest BCUT2D eigenvalue weighted by Gasteiger charge is -2.31. The molecule has 8 nitrogen and oxygen atoms in total. The number of aromatic nitrogens is 1. The molecule has 29 heavy (non-hydrogen) atoms. The summed E-state index contributed by atoms with van der Waals surface area (Å²) >= 11 is 0. The standard InChI is InChI=1S/C20H26N2O6S/c1-14-11-16(12-20(23)21(14)2)28-15-7-9-22(10-8-15)29(24,25)17-5-6-18(26-3)19(13-17)27-4/h5-6,11-13,15H,7-10H2,1-4H3. The van der Waals surface area contributed by atoms with Gasteiger partial charge in [0.2, 0.25) is 10.0 Å². The van der Waals surface area contributed by atoms with Crippen LogP contribution in [0.1, 0.15) is 18.5 Å². The molecule has 1 saturated heterocycles. The molecule has 9 heteroatoms. The van der Waals surface area contributed by atoms with E-state index in [2.05, 4.69) is 0 Å². The highest BCUT2D eigenvalue weighted by Crippen LogP contribution is 2.31. The Morgan fingerprint density at radius 3 is 2.24 bits per heavy atom. The minimum Gasteiger partial charge on any atom is -0.493 e. The summed E-state index contributed by atoms with van der Waals surface area (Å²) in [5.41, 5.74) is 0.675. The molecule has 1 aromatic carbocycles. The van der Waals surface area contributed by atoms with Gasteiger partial charge in [-0.3, -0.25) is 4.79 Å². The summed E-state index contributed by atoms with van der Waals surface area (Å²) in [5, 5.41) is 0. The second kappa shape index (κ2) is 8.46. The Morgan fingerprint density at radius 2 is 1.66 bits per heavy atom. The zero-order valence-electron chi connectivity index (χ0n) is 17.0. The molecular weight excluding hydrogens is 396 g/mol. The highest BCUT2D eigenvalue weighted by molar-refractivity contribution is 7.89. The Balaban J connectivity index is 1.69. The second-order valence-electron chi connectivity index (χ2n) is 6.97. The number of benzene rings is 1. The number of methoxy groups -OCH3 is 2. The van der Waals surface area contributed by atoms with E-state index >= 15 is 0 Å². The Labute approximate surface area is 170 Å². The van der Waals surface area contributed by atoms with Crippen LogP contribution >= 0.6 is 0 Å². The third kappa shape index (κ3) is 4.40. The molecule has 0 saturated carbocycles. The van der Waals surface area contributed by atoms with Gasteiger partial charge in [0, 0.05) is 38.0 Å². The molecule has 0 aliphatic carbocycles. The summed E-state index contributed by atoms with van der Waals surface area (Å²) < 4.78 is 45.3. The smallest absolute Gasteiger partial charge is 0.254 e. The molecule has 1 fully saturated rings. The van der Waals surface area contributed by atoms with Gasteiger partial charge in [-0.05, 0) is 38.0 Å². The molecule has 2 aromatic rings. The lowest BCUT2D eigenvalue weighted by atomic mass is 10.1. The first kappa shape index (κ1) is 21.2. The van der Waals surface area contributed by atoms with Gasteiger partial charge >= 0.3 is 0 Å². The topological polar surface area (TPSA) is 87.1 Å². The van der Waals surface area contributed by atoms with Crippen LogP contribution in [0.15, 0.2) is 40.0 Å². The van der Waals surface area contributed by atoms with Crippen LogP contribution < -0.4 is 19.8 Å². The number of nitrogens with zero attached hydrogens (tertiary/aromatic N) is 2. The molecule has 0 N–H and O–H groups in total. The van der Waals surface area contributed by atoms with Crippen molar-refractivity contribution in [3.8, 4) is 17.2 Å². The molecule has 0 radical (unpaired) electrons. The maximum atomic E-state index is 13.0. The van der Waals surface area contributed by atoms with Crippen molar-refractivity contribution in [1.29, 1.82) is 0 Å². The first-order chi connectivity index (χ1) is 13.8. The van der Waals surface area contributed by atoms with Crippen LogP contribution in [0.2, 0.25) is 0 Å². The normalized spacial score (nSPS) is 15.9. The van der Waals surface area contributed by atoms with Gasteiger partial charge in [0.15, 0.2) is 11.5 Å². The molecule has 0 bridgehead atoms. The van der Waals surface area contributed by atoms with Crippen LogP contribution in [0.3, 0.4) is 0 Å². The van der Waals surface area contributed by atoms with E-state index in [0.717, 1.165) is 5.69 Å². The molecule has 158 valence electrons. The average molecular weight is 423 g/mol. The largest absolute Gasteiger partial charge is 0.493 e. The van der Waals surface area contributed by atoms with Crippen LogP contribution in [0.25, 0.3) is 0 Å². The van der Waals surface area contributed by atoms with Crippen molar-refractivity contribution < 1.29 is 22.6 Å². The Kier molecular flexibility index (Phi) is 6.18. The summed E-state index contributed by atoms with van der Waals surface area (Å²) in [4.78, 5) is 12.1. The summed E-state index contributed by atoms with van der Waals surface area (Å²) in [6.45, 7) is 2.52. The lowest BCUT2D eigenvalue weighted by molar-refractivity contribution is 0.134. The van der Waals surface area contributed by atoms with E-state index in [0.29, 0.717) is 43.2 Å². The molecular formula is C20H26N2O6S. The fraction of sp³-hybridized carbons (Fsp3) is 0.450. The first-order valence-electron chi connectivity index (χ1n) is 9.32. The van der Waals surface area contributed by atoms with Gasteiger partial charge in [-0.15, -0.1) is 0 Å². The predicted molar refractivity (Wildman–Crippen MR) is 108 cm³/mol. The number of ether oxygens (including phenoxy) is 3. The van der Waals surface area contributed by atoms with E-state index in [1.165, 1.54) is 36.7 Å². The quantitative estimate of drug-likeness (QED) is 0.707. The second-order valence-corrected chi connectivity index (χ2v) is 8.91. The molecule has 0 spiro atoms. The molecule has 0 unspecified atom stereocenters. The molecule has 1 aromatic heterocycles. The number of hydrogen-bond acceptors (Lipinski definition) is 6. The zero-order chi connectivity index (χ0) is 21.2. The van der Waals surface area contributed by atoms with E-state index in [1.54, 1.807) is 17.7 Å². The minimum atomic E-state index is -3.65. The van der Waals surface area contributed by atoms with Crippen LogP contribution in [0.5, 0.6) is 17.2 Å². The van der Waals surface area contributed by atoms with Crippen LogP contribution in [-0.4, -0.2) is 50.7 Å². The summed E-state index contributed by atoms with van der Waals surface area (Å²) in [5.74, 6) is 1.36. The van der Waals surface area contributed by atoms with Gasteiger partial charge in [-0.1, -0.05) is 0 Å². The average Bonchev–Trinajstić information content (AvgIpc) is 2.71. The number of sulfonamides is 1. The first-order valence-corrected chi connectivity index (χ1v) is 10.8. The summed E-state index contributed by atoms with van der Waals surface area (Å²) in [7, 11) is 1.03. The van der Waals surface area contributed by atoms with Gasteiger partial charge < -0.3 is 18.8 Å². The molecule has 0 atom stereocenters. The van der Waals surface area contributed by atoms with Crippen LogP contribution in [0, 0.1) is 6.92 Å². The Hall–Kier alpha value is -2.52. The van der Waals surface area contributed by atoms with Gasteiger partial charge in [-0.25, -0.2) is 8.42 Å². The highest BCUT2D eigenvalue weighted by atomic mass is 32.2. The van der Waals surface area contributed by atoms with Crippen molar-refractivity contribution in [2.75, 3.05) is 27.3 Å². The van der Waals surface area contributed by atoms with E-state index in [1.807, 2.05) is 13.0 Å². The lowest BCUT2D eigenvalue weighted by Crippen LogP contribution is -2.41. The number of aryl methyl sites for hydroxylation is 1. The predicted octanol–water partition coefficient (Wildman–Crippen LogP) is 1.94. The number of pyridine rings is 1. The van der Waals surface area contributed by atoms with Crippen molar-refractivity contribution >= 4 is 10.0 Å². The minimum absolute atomic E-state index is 0.131. The third-order valence-corrected chi connectivity index (χ3v) is 7.07. The van der Waals surface area contributed by atoms with Crippen molar-refractivity contribution in [1.82, 2.24) is 8.87 Å². The van der Waals surface area contributed by atoms with Gasteiger partial charge in [0.25, 0.3) is 5.56 Å². The molecule has 0 amide bonds.